The van der Waals surface area contributed by atoms with Crippen LogP contribution in [-0.4, -0.2) is 33.4 Å². The van der Waals surface area contributed by atoms with Crippen LogP contribution in [-0.2, 0) is 15.7 Å². The van der Waals surface area contributed by atoms with Gasteiger partial charge in [-0.3, -0.25) is 0 Å². The molecule has 0 rings (SSSR count). The molecular formula is C11H19F3N2O2S. The molecule has 0 saturated heterocycles. The van der Waals surface area contributed by atoms with Gasteiger partial charge in [0.15, 0.2) is 6.10 Å². The van der Waals surface area contributed by atoms with Crippen LogP contribution in [0.2, 0.25) is 0 Å². The summed E-state index contributed by atoms with van der Waals surface area (Å²) in [7, 11) is -1.56. The third-order valence-corrected chi connectivity index (χ3v) is 3.86. The Hall–Kier alpha value is -0.650. The van der Waals surface area contributed by atoms with Gasteiger partial charge >= 0.3 is 6.18 Å². The van der Waals surface area contributed by atoms with Gasteiger partial charge in [0.25, 0.3) is 0 Å². The quantitative estimate of drug-likeness (QED) is 0.847. The number of nitrogens with one attached hydrogen (secondary N) is 1. The molecule has 4 nitrogen and oxygen atoms in total. The largest absolute Gasteiger partial charge is 0.414 e. The number of rotatable bonds is 5. The van der Waals surface area contributed by atoms with Crippen molar-refractivity contribution < 1.29 is 22.1 Å². The fraction of sp³-hybridized carbons (Fsp3) is 0.909. The first kappa shape index (κ1) is 18.4. The molecule has 4 atom stereocenters. The maximum Gasteiger partial charge on any atom is 0.414 e. The first-order valence-corrected chi connectivity index (χ1v) is 6.84. The van der Waals surface area contributed by atoms with Gasteiger partial charge in [-0.15, -0.1) is 0 Å². The average molecular weight is 300 g/mol. The normalized spacial score (nSPS) is 19.3. The summed E-state index contributed by atoms with van der Waals surface area (Å²) >= 11 is 0. The second kappa shape index (κ2) is 6.68. The molecule has 0 aliphatic rings. The fourth-order valence-electron chi connectivity index (χ4n) is 0.997. The Labute approximate surface area is 113 Å². The predicted molar refractivity (Wildman–Crippen MR) is 66.5 cm³/mol. The third kappa shape index (κ3) is 6.36. The number of halogens is 3. The van der Waals surface area contributed by atoms with Gasteiger partial charge in [0.05, 0.1) is 27.9 Å². The van der Waals surface area contributed by atoms with Gasteiger partial charge in [0, 0.05) is 0 Å². The van der Waals surface area contributed by atoms with Crippen LogP contribution in [0.15, 0.2) is 0 Å². The Balaban J connectivity index is 4.64. The number of nitrogens with zero attached hydrogens (tertiary/aromatic N) is 1. The first-order valence-electron chi connectivity index (χ1n) is 5.69. The second-order valence-corrected chi connectivity index (χ2v) is 7.13. The molecule has 0 aliphatic carbocycles. The van der Waals surface area contributed by atoms with Crippen LogP contribution in [0.3, 0.4) is 0 Å². The van der Waals surface area contributed by atoms with Crippen LogP contribution < -0.4 is 4.72 Å². The zero-order valence-electron chi connectivity index (χ0n) is 11.5. The van der Waals surface area contributed by atoms with E-state index >= 15 is 0 Å². The highest BCUT2D eigenvalue weighted by molar-refractivity contribution is 7.84. The van der Waals surface area contributed by atoms with E-state index in [1.165, 1.54) is 6.92 Å². The average Bonchev–Trinajstić information content (AvgIpc) is 2.22. The summed E-state index contributed by atoms with van der Waals surface area (Å²) in [6, 6.07) is 0.686. The molecule has 0 spiro atoms. The SMILES string of the molecule is C[C@H](O[C@H](C)[C@@H](C#N)NS(=O)C(C)(C)C)C(F)(F)F. The summed E-state index contributed by atoms with van der Waals surface area (Å²) in [5.74, 6) is 0. The fourth-order valence-corrected chi connectivity index (χ4v) is 1.83. The van der Waals surface area contributed by atoms with Gasteiger partial charge in [-0.1, -0.05) is 0 Å². The first-order chi connectivity index (χ1) is 8.39. The molecule has 8 heteroatoms. The van der Waals surface area contributed by atoms with Crippen molar-refractivity contribution in [3.8, 4) is 6.07 Å². The van der Waals surface area contributed by atoms with Crippen molar-refractivity contribution in [3.63, 3.8) is 0 Å². The van der Waals surface area contributed by atoms with E-state index < -0.39 is 40.2 Å². The number of hydrogen-bond acceptors (Lipinski definition) is 3. The molecule has 0 saturated carbocycles. The molecule has 0 aromatic heterocycles. The monoisotopic (exact) mass is 300 g/mol. The minimum atomic E-state index is -4.49. The van der Waals surface area contributed by atoms with E-state index in [2.05, 4.69) is 4.72 Å². The molecule has 112 valence electrons. The Morgan fingerprint density at radius 2 is 1.74 bits per heavy atom. The topological polar surface area (TPSA) is 62.1 Å². The Bertz CT molecular complexity index is 360. The van der Waals surface area contributed by atoms with Crippen molar-refractivity contribution in [1.82, 2.24) is 4.72 Å². The van der Waals surface area contributed by atoms with Gasteiger partial charge in [-0.05, 0) is 34.6 Å². The number of hydrogen-bond donors (Lipinski definition) is 1. The number of nitriles is 1. The predicted octanol–water partition coefficient (Wildman–Crippen LogP) is 2.29. The standard InChI is InChI=1S/C11H19F3N2O2S/c1-7(18-8(2)11(12,13)14)9(6-15)16-19(17)10(3,4)5/h7-9,16H,1-5H3/t7-,8+,9-,19?/m1/s1. The summed E-state index contributed by atoms with van der Waals surface area (Å²) in [5.41, 5.74) is 0. The highest BCUT2D eigenvalue weighted by Crippen LogP contribution is 2.24. The number of ether oxygens (including phenoxy) is 1. The van der Waals surface area contributed by atoms with E-state index in [-0.39, 0.29) is 0 Å². The van der Waals surface area contributed by atoms with Gasteiger partial charge in [0.1, 0.15) is 6.04 Å². The lowest BCUT2D eigenvalue weighted by atomic mass is 10.2. The van der Waals surface area contributed by atoms with Crippen LogP contribution >= 0.6 is 0 Å². The van der Waals surface area contributed by atoms with E-state index in [1.54, 1.807) is 26.8 Å². The molecule has 0 bridgehead atoms. The lowest BCUT2D eigenvalue weighted by molar-refractivity contribution is -0.225. The van der Waals surface area contributed by atoms with Crippen LogP contribution in [0, 0.1) is 11.3 Å². The van der Waals surface area contributed by atoms with E-state index in [1.807, 2.05) is 0 Å². The summed E-state index contributed by atoms with van der Waals surface area (Å²) in [6.45, 7) is 7.27. The maximum atomic E-state index is 12.3. The van der Waals surface area contributed by atoms with Crippen LogP contribution in [0.4, 0.5) is 13.2 Å². The summed E-state index contributed by atoms with van der Waals surface area (Å²) in [6.07, 6.45) is -7.51. The molecule has 1 N–H and O–H groups in total. The lowest BCUT2D eigenvalue weighted by Gasteiger charge is -2.27. The Morgan fingerprint density at radius 1 is 1.26 bits per heavy atom. The summed E-state index contributed by atoms with van der Waals surface area (Å²) in [4.78, 5) is 0. The highest BCUT2D eigenvalue weighted by Gasteiger charge is 2.39. The molecule has 0 aromatic rings. The van der Waals surface area contributed by atoms with E-state index in [0.29, 0.717) is 0 Å². The molecular weight excluding hydrogens is 281 g/mol. The van der Waals surface area contributed by atoms with Crippen molar-refractivity contribution in [2.24, 2.45) is 0 Å². The molecule has 1 unspecified atom stereocenters. The van der Waals surface area contributed by atoms with Gasteiger partial charge in [-0.2, -0.15) is 18.4 Å². The molecule has 0 amide bonds. The van der Waals surface area contributed by atoms with Crippen molar-refractivity contribution in [2.75, 3.05) is 0 Å². The molecule has 0 heterocycles. The smallest absolute Gasteiger partial charge is 0.363 e. The molecule has 0 radical (unpaired) electrons. The molecule has 0 fully saturated rings. The molecule has 0 aliphatic heterocycles. The minimum absolute atomic E-state index is 0.621. The highest BCUT2D eigenvalue weighted by atomic mass is 32.2. The van der Waals surface area contributed by atoms with Gasteiger partial charge in [0.2, 0.25) is 0 Å². The second-order valence-electron chi connectivity index (χ2n) is 5.13. The number of alkyl halides is 3. The van der Waals surface area contributed by atoms with Crippen molar-refractivity contribution in [1.29, 1.82) is 5.26 Å². The summed E-state index contributed by atoms with van der Waals surface area (Å²) in [5, 5.41) is 8.92. The van der Waals surface area contributed by atoms with Gasteiger partial charge < -0.3 is 4.74 Å². The van der Waals surface area contributed by atoms with E-state index in [4.69, 9.17) is 10.00 Å². The molecule has 0 aromatic carbocycles. The van der Waals surface area contributed by atoms with Crippen LogP contribution in [0.5, 0.6) is 0 Å². The van der Waals surface area contributed by atoms with Crippen molar-refractivity contribution >= 4 is 11.0 Å². The molecule has 19 heavy (non-hydrogen) atoms. The van der Waals surface area contributed by atoms with Crippen LogP contribution in [0.25, 0.3) is 0 Å². The van der Waals surface area contributed by atoms with Crippen LogP contribution in [0.1, 0.15) is 34.6 Å². The minimum Gasteiger partial charge on any atom is -0.363 e. The summed E-state index contributed by atoms with van der Waals surface area (Å²) < 4.78 is 55.4. The van der Waals surface area contributed by atoms with Gasteiger partial charge in [-0.25, -0.2) is 8.93 Å². The van der Waals surface area contributed by atoms with Crippen molar-refractivity contribution in [2.45, 2.75) is 63.8 Å². The Morgan fingerprint density at radius 3 is 2.05 bits per heavy atom. The third-order valence-electron chi connectivity index (χ3n) is 2.28. The van der Waals surface area contributed by atoms with Crippen molar-refractivity contribution in [3.05, 3.63) is 0 Å². The zero-order chi connectivity index (χ0) is 15.4. The van der Waals surface area contributed by atoms with E-state index in [9.17, 15) is 17.4 Å². The zero-order valence-corrected chi connectivity index (χ0v) is 12.4. The Kier molecular flexibility index (Phi) is 6.45. The lowest BCUT2D eigenvalue weighted by Crippen LogP contribution is -2.47. The van der Waals surface area contributed by atoms with E-state index in [0.717, 1.165) is 6.92 Å². The maximum absolute atomic E-state index is 12.3.